The van der Waals surface area contributed by atoms with E-state index in [1.807, 2.05) is 46.8 Å². The van der Waals surface area contributed by atoms with E-state index >= 15 is 0 Å². The third-order valence-electron chi connectivity index (χ3n) is 3.39. The van der Waals surface area contributed by atoms with Crippen molar-refractivity contribution in [3.05, 3.63) is 16.4 Å². The molecule has 0 unspecified atom stereocenters. The molecule has 96 valence electrons. The number of aromatic nitrogens is 2. The van der Waals surface area contributed by atoms with Crippen LogP contribution in [0.3, 0.4) is 0 Å². The van der Waals surface area contributed by atoms with E-state index in [0.717, 1.165) is 11.4 Å². The fraction of sp³-hybridized carbons (Fsp3) is 0.667. The highest BCUT2D eigenvalue weighted by molar-refractivity contribution is 6.32. The number of hydrogen-bond acceptors (Lipinski definition) is 3. The summed E-state index contributed by atoms with van der Waals surface area (Å²) in [6.07, 6.45) is 0.307. The zero-order valence-electron chi connectivity index (χ0n) is 11.3. The van der Waals surface area contributed by atoms with Crippen LogP contribution in [0.5, 0.6) is 0 Å². The molecule has 5 heteroatoms. The Labute approximate surface area is 108 Å². The normalized spacial score (nSPS) is 12.2. The van der Waals surface area contributed by atoms with Gasteiger partial charge in [0.25, 0.3) is 0 Å². The molecule has 4 nitrogen and oxygen atoms in total. The molecule has 0 fully saturated rings. The van der Waals surface area contributed by atoms with Gasteiger partial charge in [-0.05, 0) is 34.9 Å². The third kappa shape index (κ3) is 2.69. The molecule has 0 aromatic carbocycles. The lowest BCUT2D eigenvalue weighted by Crippen LogP contribution is -2.46. The van der Waals surface area contributed by atoms with E-state index in [0.29, 0.717) is 11.4 Å². The minimum Gasteiger partial charge on any atom is -0.298 e. The summed E-state index contributed by atoms with van der Waals surface area (Å²) in [6.45, 7) is 5.66. The molecular weight excluding hydrogens is 238 g/mol. The number of nitrogens with zero attached hydrogens (tertiary/aromatic N) is 3. The summed E-state index contributed by atoms with van der Waals surface area (Å²) in [5.74, 6) is 0.132. The molecule has 0 saturated carbocycles. The number of Topliss-reactive ketones (excluding diaryl/α,β-unsaturated/α-hetero) is 1. The van der Waals surface area contributed by atoms with E-state index in [4.69, 9.17) is 11.6 Å². The van der Waals surface area contributed by atoms with Crippen LogP contribution in [0.1, 0.15) is 25.2 Å². The molecule has 0 saturated heterocycles. The van der Waals surface area contributed by atoms with Crippen LogP contribution >= 0.6 is 11.6 Å². The summed E-state index contributed by atoms with van der Waals surface area (Å²) in [5.41, 5.74) is 1.05. The molecule has 0 amide bonds. The molecule has 0 bridgehead atoms. The van der Waals surface area contributed by atoms with Crippen LogP contribution < -0.4 is 0 Å². The minimum atomic E-state index is -0.499. The van der Waals surface area contributed by atoms with Gasteiger partial charge in [-0.1, -0.05) is 11.6 Å². The van der Waals surface area contributed by atoms with Gasteiger partial charge in [0.2, 0.25) is 0 Å². The monoisotopic (exact) mass is 257 g/mol. The van der Waals surface area contributed by atoms with Gasteiger partial charge in [0.15, 0.2) is 5.78 Å². The van der Waals surface area contributed by atoms with Crippen molar-refractivity contribution in [2.75, 3.05) is 14.1 Å². The first-order valence-electron chi connectivity index (χ1n) is 5.56. The van der Waals surface area contributed by atoms with Gasteiger partial charge in [-0.25, -0.2) is 0 Å². The number of likely N-dealkylation sites (N-methyl/N-ethyl adjacent to an activating group) is 1. The highest BCUT2D eigenvalue weighted by Gasteiger charge is 2.31. The molecule has 1 aromatic rings. The fourth-order valence-electron chi connectivity index (χ4n) is 1.49. The highest BCUT2D eigenvalue weighted by Crippen LogP contribution is 2.22. The number of hydrogen-bond donors (Lipinski definition) is 0. The zero-order chi connectivity index (χ0) is 13.4. The lowest BCUT2D eigenvalue weighted by Gasteiger charge is -2.30. The summed E-state index contributed by atoms with van der Waals surface area (Å²) < 4.78 is 1.68. The smallest absolute Gasteiger partial charge is 0.158 e. The number of halogens is 1. The van der Waals surface area contributed by atoms with Crippen molar-refractivity contribution in [1.82, 2.24) is 14.7 Å². The predicted molar refractivity (Wildman–Crippen MR) is 69.4 cm³/mol. The maximum absolute atomic E-state index is 12.2. The second-order valence-corrected chi connectivity index (χ2v) is 5.40. The summed E-state index contributed by atoms with van der Waals surface area (Å²) in [6, 6.07) is 0. The van der Waals surface area contributed by atoms with Gasteiger partial charge in [-0.2, -0.15) is 5.10 Å². The first-order valence-corrected chi connectivity index (χ1v) is 5.94. The molecule has 1 aromatic heterocycles. The quantitative estimate of drug-likeness (QED) is 0.826. The Morgan fingerprint density at radius 3 is 2.35 bits per heavy atom. The lowest BCUT2D eigenvalue weighted by molar-refractivity contribution is -0.127. The van der Waals surface area contributed by atoms with Crippen molar-refractivity contribution in [1.29, 1.82) is 0 Å². The summed E-state index contributed by atoms with van der Waals surface area (Å²) in [5, 5.41) is 4.80. The van der Waals surface area contributed by atoms with Gasteiger partial charge in [-0.3, -0.25) is 14.4 Å². The van der Waals surface area contributed by atoms with Crippen LogP contribution in [-0.4, -0.2) is 40.1 Å². The van der Waals surface area contributed by atoms with Crippen LogP contribution in [0.25, 0.3) is 0 Å². The molecule has 17 heavy (non-hydrogen) atoms. The number of aryl methyl sites for hydroxylation is 2. The molecule has 0 aliphatic carbocycles. The van der Waals surface area contributed by atoms with Gasteiger partial charge in [0.1, 0.15) is 0 Å². The Hall–Kier alpha value is -0.870. The van der Waals surface area contributed by atoms with Crippen LogP contribution in [-0.2, 0) is 18.3 Å². The van der Waals surface area contributed by atoms with Gasteiger partial charge in [-0.15, -0.1) is 0 Å². The Balaban J connectivity index is 2.96. The van der Waals surface area contributed by atoms with Crippen molar-refractivity contribution in [3.8, 4) is 0 Å². The van der Waals surface area contributed by atoms with E-state index in [2.05, 4.69) is 5.10 Å². The molecule has 0 radical (unpaired) electrons. The average molecular weight is 258 g/mol. The topological polar surface area (TPSA) is 38.1 Å². The van der Waals surface area contributed by atoms with Crippen molar-refractivity contribution in [3.63, 3.8) is 0 Å². The van der Waals surface area contributed by atoms with Crippen molar-refractivity contribution in [2.24, 2.45) is 7.05 Å². The second kappa shape index (κ2) is 4.78. The van der Waals surface area contributed by atoms with Crippen LogP contribution in [0.2, 0.25) is 5.02 Å². The predicted octanol–water partition coefficient (Wildman–Crippen LogP) is 1.83. The van der Waals surface area contributed by atoms with E-state index in [1.165, 1.54) is 0 Å². The second-order valence-electron chi connectivity index (χ2n) is 5.02. The molecule has 0 spiro atoms. The minimum absolute atomic E-state index is 0.132. The van der Waals surface area contributed by atoms with Crippen molar-refractivity contribution in [2.45, 2.75) is 32.7 Å². The summed E-state index contributed by atoms with van der Waals surface area (Å²) in [4.78, 5) is 14.2. The average Bonchev–Trinajstić information content (AvgIpc) is 2.44. The fourth-order valence-corrected chi connectivity index (χ4v) is 1.72. The van der Waals surface area contributed by atoms with Crippen LogP contribution in [0, 0.1) is 6.92 Å². The molecular formula is C12H20ClN3O. The van der Waals surface area contributed by atoms with Gasteiger partial charge in [0.05, 0.1) is 28.4 Å². The van der Waals surface area contributed by atoms with Gasteiger partial charge < -0.3 is 0 Å². The van der Waals surface area contributed by atoms with E-state index in [-0.39, 0.29) is 5.78 Å². The number of carbonyl (C=O) groups is 1. The number of carbonyl (C=O) groups excluding carboxylic acids is 1. The van der Waals surface area contributed by atoms with Crippen LogP contribution in [0.4, 0.5) is 0 Å². The van der Waals surface area contributed by atoms with Crippen molar-refractivity contribution < 1.29 is 4.79 Å². The summed E-state index contributed by atoms with van der Waals surface area (Å²) in [7, 11) is 5.60. The van der Waals surface area contributed by atoms with E-state index in [1.54, 1.807) is 4.68 Å². The Morgan fingerprint density at radius 1 is 1.47 bits per heavy atom. The Kier molecular flexibility index (Phi) is 3.99. The molecule has 0 N–H and O–H groups in total. The first kappa shape index (κ1) is 14.2. The summed E-state index contributed by atoms with van der Waals surface area (Å²) >= 11 is 6.14. The van der Waals surface area contributed by atoms with Gasteiger partial charge in [0, 0.05) is 7.05 Å². The van der Waals surface area contributed by atoms with E-state index < -0.39 is 5.54 Å². The van der Waals surface area contributed by atoms with E-state index in [9.17, 15) is 4.79 Å². The SMILES string of the molecule is Cc1nn(C)c(CC(=O)C(C)(C)N(C)C)c1Cl. The lowest BCUT2D eigenvalue weighted by atomic mass is 9.94. The highest BCUT2D eigenvalue weighted by atomic mass is 35.5. The zero-order valence-corrected chi connectivity index (χ0v) is 12.1. The third-order valence-corrected chi connectivity index (χ3v) is 3.88. The van der Waals surface area contributed by atoms with Gasteiger partial charge >= 0.3 is 0 Å². The standard InChI is InChI=1S/C12H20ClN3O/c1-8-11(13)9(16(6)14-8)7-10(17)12(2,3)15(4)5/h7H2,1-6H3. The molecule has 0 aliphatic rings. The number of rotatable bonds is 4. The Bertz CT molecular complexity index is 435. The maximum Gasteiger partial charge on any atom is 0.158 e. The molecule has 0 aliphatic heterocycles. The van der Waals surface area contributed by atoms with Crippen molar-refractivity contribution >= 4 is 17.4 Å². The molecule has 1 rings (SSSR count). The molecule has 1 heterocycles. The number of ketones is 1. The largest absolute Gasteiger partial charge is 0.298 e. The molecule has 0 atom stereocenters. The maximum atomic E-state index is 12.2. The van der Waals surface area contributed by atoms with Crippen LogP contribution in [0.15, 0.2) is 0 Å². The first-order chi connectivity index (χ1) is 7.67. The Morgan fingerprint density at radius 2 is 2.00 bits per heavy atom.